The predicted molar refractivity (Wildman–Crippen MR) is 84.1 cm³/mol. The van der Waals surface area contributed by atoms with Gasteiger partial charge in [-0.1, -0.05) is 11.6 Å². The van der Waals surface area contributed by atoms with Crippen LogP contribution in [-0.4, -0.2) is 16.8 Å². The van der Waals surface area contributed by atoms with Crippen LogP contribution in [0.5, 0.6) is 0 Å². The lowest BCUT2D eigenvalue weighted by molar-refractivity contribution is -0.133. The van der Waals surface area contributed by atoms with Crippen LogP contribution in [0.25, 0.3) is 0 Å². The van der Waals surface area contributed by atoms with Crippen LogP contribution in [-0.2, 0) is 10.4 Å². The van der Waals surface area contributed by atoms with Gasteiger partial charge in [-0.05, 0) is 48.9 Å². The minimum absolute atomic E-state index is 0.222. The van der Waals surface area contributed by atoms with E-state index in [-0.39, 0.29) is 11.1 Å². The fourth-order valence-corrected chi connectivity index (χ4v) is 2.99. The second kappa shape index (κ2) is 5.44. The Labute approximate surface area is 136 Å². The molecule has 1 aliphatic heterocycles. The second-order valence-electron chi connectivity index (χ2n) is 5.57. The van der Waals surface area contributed by atoms with E-state index in [1.54, 1.807) is 13.0 Å². The molecule has 0 bridgehead atoms. The number of rotatable bonds is 3. The molecule has 0 aromatic heterocycles. The second-order valence-corrected chi connectivity index (χ2v) is 6.00. The Morgan fingerprint density at radius 3 is 2.61 bits per heavy atom. The van der Waals surface area contributed by atoms with E-state index < -0.39 is 29.5 Å². The summed E-state index contributed by atoms with van der Waals surface area (Å²) in [7, 11) is 0. The van der Waals surface area contributed by atoms with E-state index in [4.69, 9.17) is 11.6 Å². The number of carbonyl (C=O) groups excluding carboxylic acids is 2. The Bertz CT molecular complexity index is 819. The summed E-state index contributed by atoms with van der Waals surface area (Å²) in [6, 6.07) is 8.08. The van der Waals surface area contributed by atoms with Crippen molar-refractivity contribution in [3.63, 3.8) is 0 Å². The summed E-state index contributed by atoms with van der Waals surface area (Å²) in [5, 5.41) is 13.7. The third kappa shape index (κ3) is 2.62. The monoisotopic (exact) mass is 333 g/mol. The number of Topliss-reactive ketones (excluding diaryl/α,β-unsaturated/α-hetero) is 1. The maximum atomic E-state index is 12.9. The molecule has 0 saturated carbocycles. The fourth-order valence-electron chi connectivity index (χ4n) is 2.72. The molecule has 2 N–H and O–H groups in total. The fraction of sp³-hybridized carbons (Fsp3) is 0.176. The number of amides is 1. The lowest BCUT2D eigenvalue weighted by atomic mass is 9.87. The van der Waals surface area contributed by atoms with E-state index in [1.807, 2.05) is 0 Å². The summed E-state index contributed by atoms with van der Waals surface area (Å²) >= 11 is 6.00. The summed E-state index contributed by atoms with van der Waals surface area (Å²) in [6.07, 6.45) is -0.447. The molecule has 2 aromatic rings. The van der Waals surface area contributed by atoms with Crippen LogP contribution >= 0.6 is 11.6 Å². The van der Waals surface area contributed by atoms with Crippen molar-refractivity contribution >= 4 is 29.0 Å². The van der Waals surface area contributed by atoms with Crippen molar-refractivity contribution in [2.45, 2.75) is 18.9 Å². The van der Waals surface area contributed by atoms with Gasteiger partial charge in [-0.3, -0.25) is 9.59 Å². The highest BCUT2D eigenvalue weighted by atomic mass is 35.5. The van der Waals surface area contributed by atoms with Gasteiger partial charge in [0.05, 0.1) is 12.1 Å². The lowest BCUT2D eigenvalue weighted by Crippen LogP contribution is -2.36. The molecule has 23 heavy (non-hydrogen) atoms. The van der Waals surface area contributed by atoms with Crippen LogP contribution < -0.4 is 5.32 Å². The number of hydrogen-bond donors (Lipinski definition) is 2. The Morgan fingerprint density at radius 2 is 1.96 bits per heavy atom. The summed E-state index contributed by atoms with van der Waals surface area (Å²) in [5.41, 5.74) is -0.321. The van der Waals surface area contributed by atoms with E-state index >= 15 is 0 Å². The van der Waals surface area contributed by atoms with Crippen LogP contribution in [0.1, 0.15) is 27.9 Å². The molecule has 1 atom stereocenters. The number of hydrogen-bond acceptors (Lipinski definition) is 3. The maximum absolute atomic E-state index is 12.9. The molecule has 0 fully saturated rings. The molecule has 1 heterocycles. The van der Waals surface area contributed by atoms with Crippen molar-refractivity contribution in [1.82, 2.24) is 0 Å². The zero-order valence-electron chi connectivity index (χ0n) is 12.2. The lowest BCUT2D eigenvalue weighted by Gasteiger charge is -2.20. The van der Waals surface area contributed by atoms with Crippen LogP contribution in [0.15, 0.2) is 36.4 Å². The van der Waals surface area contributed by atoms with E-state index in [9.17, 15) is 19.1 Å². The first-order valence-electron chi connectivity index (χ1n) is 6.94. The van der Waals surface area contributed by atoms with Gasteiger partial charge in [-0.25, -0.2) is 4.39 Å². The van der Waals surface area contributed by atoms with Crippen molar-refractivity contribution in [2.24, 2.45) is 0 Å². The molecule has 0 aliphatic carbocycles. The first-order valence-corrected chi connectivity index (χ1v) is 7.32. The number of aryl methyl sites for hydroxylation is 1. The van der Waals surface area contributed by atoms with Gasteiger partial charge >= 0.3 is 0 Å². The molecule has 0 saturated heterocycles. The summed E-state index contributed by atoms with van der Waals surface area (Å²) < 4.78 is 12.9. The minimum atomic E-state index is -1.99. The largest absolute Gasteiger partial charge is 0.375 e. The first kappa shape index (κ1) is 15.6. The summed E-state index contributed by atoms with van der Waals surface area (Å²) in [5.74, 6) is -1.60. The average Bonchev–Trinajstić information content (AvgIpc) is 2.73. The number of halogens is 2. The molecule has 3 rings (SSSR count). The van der Waals surface area contributed by atoms with Gasteiger partial charge in [-0.2, -0.15) is 0 Å². The third-order valence-electron chi connectivity index (χ3n) is 3.94. The van der Waals surface area contributed by atoms with Gasteiger partial charge in [0.1, 0.15) is 5.82 Å². The molecule has 0 radical (unpaired) electrons. The quantitative estimate of drug-likeness (QED) is 0.848. The normalized spacial score (nSPS) is 19.4. The van der Waals surface area contributed by atoms with Crippen LogP contribution in [0, 0.1) is 12.7 Å². The van der Waals surface area contributed by atoms with Crippen molar-refractivity contribution in [1.29, 1.82) is 0 Å². The van der Waals surface area contributed by atoms with Crippen LogP contribution in [0.3, 0.4) is 0 Å². The molecule has 2 aromatic carbocycles. The minimum Gasteiger partial charge on any atom is -0.375 e. The highest BCUT2D eigenvalue weighted by Gasteiger charge is 2.47. The number of benzene rings is 2. The Hall–Kier alpha value is -2.24. The van der Waals surface area contributed by atoms with E-state index in [0.29, 0.717) is 16.3 Å². The molecule has 0 unspecified atom stereocenters. The summed E-state index contributed by atoms with van der Waals surface area (Å²) in [4.78, 5) is 24.6. The molecular weight excluding hydrogens is 321 g/mol. The highest BCUT2D eigenvalue weighted by Crippen LogP contribution is 2.42. The standard InChI is InChI=1S/C17H13ClFNO3/c1-9-6-11(18)7-13-15(9)20-16(22)17(13,23)8-14(21)10-2-4-12(19)5-3-10/h2-7,23H,8H2,1H3,(H,20,22)/t17-/m1/s1. The zero-order chi connectivity index (χ0) is 16.8. The van der Waals surface area contributed by atoms with Crippen molar-refractivity contribution in [3.8, 4) is 0 Å². The Kier molecular flexibility index (Phi) is 3.70. The number of anilines is 1. The van der Waals surface area contributed by atoms with Crippen LogP contribution in [0.4, 0.5) is 10.1 Å². The third-order valence-corrected chi connectivity index (χ3v) is 4.16. The van der Waals surface area contributed by atoms with Gasteiger partial charge in [0.2, 0.25) is 0 Å². The molecule has 4 nitrogen and oxygen atoms in total. The number of ketones is 1. The van der Waals surface area contributed by atoms with Crippen molar-refractivity contribution in [2.75, 3.05) is 5.32 Å². The highest BCUT2D eigenvalue weighted by molar-refractivity contribution is 6.31. The molecule has 0 spiro atoms. The van der Waals surface area contributed by atoms with Crippen molar-refractivity contribution in [3.05, 3.63) is 63.9 Å². The zero-order valence-corrected chi connectivity index (χ0v) is 12.9. The van der Waals surface area contributed by atoms with Gasteiger partial charge in [0, 0.05) is 16.1 Å². The first-order chi connectivity index (χ1) is 10.8. The number of fused-ring (bicyclic) bond motifs is 1. The average molecular weight is 334 g/mol. The Morgan fingerprint density at radius 1 is 1.30 bits per heavy atom. The van der Waals surface area contributed by atoms with E-state index in [0.717, 1.165) is 12.1 Å². The predicted octanol–water partition coefficient (Wildman–Crippen LogP) is 3.20. The molecule has 118 valence electrons. The smallest absolute Gasteiger partial charge is 0.261 e. The van der Waals surface area contributed by atoms with Gasteiger partial charge in [0.15, 0.2) is 11.4 Å². The number of aliphatic hydroxyl groups is 1. The molecule has 1 aliphatic rings. The maximum Gasteiger partial charge on any atom is 0.261 e. The Balaban J connectivity index is 1.98. The van der Waals surface area contributed by atoms with Gasteiger partial charge in [-0.15, -0.1) is 0 Å². The van der Waals surface area contributed by atoms with Crippen LogP contribution in [0.2, 0.25) is 5.02 Å². The van der Waals surface area contributed by atoms with Crippen molar-refractivity contribution < 1.29 is 19.1 Å². The summed E-state index contributed by atoms with van der Waals surface area (Å²) in [6.45, 7) is 1.75. The molecule has 1 amide bonds. The van der Waals surface area contributed by atoms with E-state index in [1.165, 1.54) is 18.2 Å². The van der Waals surface area contributed by atoms with E-state index in [2.05, 4.69) is 5.32 Å². The molecular formula is C17H13ClFNO3. The van der Waals surface area contributed by atoms with Gasteiger partial charge < -0.3 is 10.4 Å². The number of carbonyl (C=O) groups is 2. The molecule has 6 heteroatoms. The number of nitrogens with one attached hydrogen (secondary N) is 1. The van der Waals surface area contributed by atoms with Gasteiger partial charge in [0.25, 0.3) is 5.91 Å². The SMILES string of the molecule is Cc1cc(Cl)cc2c1NC(=O)[C@@]2(O)CC(=O)c1ccc(F)cc1. The topological polar surface area (TPSA) is 66.4 Å².